The molecule has 0 aromatic carbocycles. The standard InChI is InChI=1S/C11H14ClN3O3S/c12-10-9(4-7(13)5-14-10)11(16)15-6-8-2-1-3-19(8,17)18/h4-5,8H,1-3,6,13H2,(H,15,16). The third kappa shape index (κ3) is 3.16. The van der Waals surface area contributed by atoms with Gasteiger partial charge in [-0.2, -0.15) is 0 Å². The van der Waals surface area contributed by atoms with E-state index in [1.165, 1.54) is 12.3 Å². The van der Waals surface area contributed by atoms with Crippen LogP contribution in [0.15, 0.2) is 12.3 Å². The minimum atomic E-state index is -3.07. The van der Waals surface area contributed by atoms with Crippen LogP contribution in [0.1, 0.15) is 23.2 Å². The topological polar surface area (TPSA) is 102 Å². The zero-order chi connectivity index (χ0) is 14.0. The molecule has 1 fully saturated rings. The number of nitrogens with zero attached hydrogens (tertiary/aromatic N) is 1. The normalized spacial score (nSPS) is 21.2. The molecule has 8 heteroatoms. The van der Waals surface area contributed by atoms with Crippen molar-refractivity contribution >= 4 is 33.0 Å². The SMILES string of the molecule is Nc1cnc(Cl)c(C(=O)NCC2CCCS2(=O)=O)c1. The molecule has 6 nitrogen and oxygen atoms in total. The number of nitrogens with one attached hydrogen (secondary N) is 1. The number of aromatic nitrogens is 1. The lowest BCUT2D eigenvalue weighted by Gasteiger charge is -2.11. The lowest BCUT2D eigenvalue weighted by atomic mass is 10.2. The Morgan fingerprint density at radius 2 is 2.32 bits per heavy atom. The largest absolute Gasteiger partial charge is 0.397 e. The number of hydrogen-bond acceptors (Lipinski definition) is 5. The first-order chi connectivity index (χ1) is 8.90. The summed E-state index contributed by atoms with van der Waals surface area (Å²) in [6.45, 7) is 0.0896. The van der Waals surface area contributed by atoms with Crippen molar-refractivity contribution < 1.29 is 13.2 Å². The van der Waals surface area contributed by atoms with Gasteiger partial charge in [-0.3, -0.25) is 4.79 Å². The van der Waals surface area contributed by atoms with E-state index in [9.17, 15) is 13.2 Å². The maximum Gasteiger partial charge on any atom is 0.254 e. The Kier molecular flexibility index (Phi) is 3.96. The van der Waals surface area contributed by atoms with E-state index >= 15 is 0 Å². The number of pyridine rings is 1. The van der Waals surface area contributed by atoms with Crippen LogP contribution in [-0.4, -0.2) is 36.9 Å². The van der Waals surface area contributed by atoms with E-state index in [0.29, 0.717) is 18.5 Å². The Morgan fingerprint density at radius 3 is 2.95 bits per heavy atom. The predicted octanol–water partition coefficient (Wildman–Crippen LogP) is 0.624. The molecule has 1 aliphatic heterocycles. The van der Waals surface area contributed by atoms with Crippen molar-refractivity contribution in [3.8, 4) is 0 Å². The van der Waals surface area contributed by atoms with Gasteiger partial charge in [0.25, 0.3) is 5.91 Å². The molecule has 2 rings (SSSR count). The van der Waals surface area contributed by atoms with Gasteiger partial charge in [-0.15, -0.1) is 0 Å². The van der Waals surface area contributed by atoms with Crippen LogP contribution in [0.2, 0.25) is 5.15 Å². The molecule has 1 amide bonds. The molecule has 2 heterocycles. The Morgan fingerprint density at radius 1 is 1.58 bits per heavy atom. The molecule has 0 radical (unpaired) electrons. The minimum absolute atomic E-state index is 0.0426. The highest BCUT2D eigenvalue weighted by Gasteiger charge is 2.31. The van der Waals surface area contributed by atoms with Crippen LogP contribution in [0.4, 0.5) is 5.69 Å². The third-order valence-corrected chi connectivity index (χ3v) is 5.63. The number of hydrogen-bond donors (Lipinski definition) is 2. The number of anilines is 1. The molecule has 0 saturated carbocycles. The number of sulfone groups is 1. The van der Waals surface area contributed by atoms with Crippen molar-refractivity contribution in [2.45, 2.75) is 18.1 Å². The van der Waals surface area contributed by atoms with Crippen molar-refractivity contribution in [3.63, 3.8) is 0 Å². The monoisotopic (exact) mass is 303 g/mol. The number of rotatable bonds is 3. The zero-order valence-corrected chi connectivity index (χ0v) is 11.7. The molecular formula is C11H14ClN3O3S. The third-order valence-electron chi connectivity index (χ3n) is 3.06. The van der Waals surface area contributed by atoms with Crippen LogP contribution < -0.4 is 11.1 Å². The van der Waals surface area contributed by atoms with Gasteiger partial charge in [0, 0.05) is 6.54 Å². The molecule has 1 aliphatic rings. The van der Waals surface area contributed by atoms with Crippen molar-refractivity contribution in [1.29, 1.82) is 0 Å². The van der Waals surface area contributed by atoms with Gasteiger partial charge in [-0.1, -0.05) is 11.6 Å². The predicted molar refractivity (Wildman–Crippen MR) is 72.8 cm³/mol. The molecule has 0 aliphatic carbocycles. The molecule has 0 bridgehead atoms. The lowest BCUT2D eigenvalue weighted by molar-refractivity contribution is 0.0953. The number of amides is 1. The maximum absolute atomic E-state index is 11.9. The van der Waals surface area contributed by atoms with E-state index in [-0.39, 0.29) is 23.0 Å². The first-order valence-corrected chi connectivity index (χ1v) is 7.90. The summed E-state index contributed by atoms with van der Waals surface area (Å²) in [5.74, 6) is -0.277. The van der Waals surface area contributed by atoms with Crippen molar-refractivity contribution in [3.05, 3.63) is 23.0 Å². The fraction of sp³-hybridized carbons (Fsp3) is 0.455. The van der Waals surface area contributed by atoms with Gasteiger partial charge in [0.15, 0.2) is 9.84 Å². The maximum atomic E-state index is 11.9. The van der Waals surface area contributed by atoms with E-state index in [0.717, 1.165) is 0 Å². The highest BCUT2D eigenvalue weighted by Crippen LogP contribution is 2.20. The fourth-order valence-corrected chi connectivity index (χ4v) is 3.97. The minimum Gasteiger partial charge on any atom is -0.397 e. The van der Waals surface area contributed by atoms with Gasteiger partial charge < -0.3 is 11.1 Å². The second-order valence-electron chi connectivity index (χ2n) is 4.45. The van der Waals surface area contributed by atoms with Crippen LogP contribution in [-0.2, 0) is 9.84 Å². The number of nitrogens with two attached hydrogens (primary N) is 1. The second kappa shape index (κ2) is 5.34. The summed E-state index contributed by atoms with van der Waals surface area (Å²) in [7, 11) is -3.07. The summed E-state index contributed by atoms with van der Waals surface area (Å²) in [4.78, 5) is 15.7. The smallest absolute Gasteiger partial charge is 0.254 e. The fourth-order valence-electron chi connectivity index (χ4n) is 2.01. The van der Waals surface area contributed by atoms with Crippen molar-refractivity contribution in [2.75, 3.05) is 18.0 Å². The molecule has 19 heavy (non-hydrogen) atoms. The van der Waals surface area contributed by atoms with Crippen LogP contribution in [0.5, 0.6) is 0 Å². The van der Waals surface area contributed by atoms with Gasteiger partial charge in [-0.25, -0.2) is 13.4 Å². The summed E-state index contributed by atoms with van der Waals surface area (Å²) in [5, 5.41) is 2.10. The Bertz CT molecular complexity index is 603. The van der Waals surface area contributed by atoms with Gasteiger partial charge in [0.2, 0.25) is 0 Å². The average molecular weight is 304 g/mol. The van der Waals surface area contributed by atoms with Gasteiger partial charge in [0.1, 0.15) is 5.15 Å². The molecule has 104 valence electrons. The summed E-state index contributed by atoms with van der Waals surface area (Å²) in [6, 6.07) is 1.41. The van der Waals surface area contributed by atoms with Gasteiger partial charge in [-0.05, 0) is 18.9 Å². The van der Waals surface area contributed by atoms with E-state index in [1.807, 2.05) is 0 Å². The summed E-state index contributed by atoms with van der Waals surface area (Å²) < 4.78 is 23.2. The van der Waals surface area contributed by atoms with E-state index < -0.39 is 21.0 Å². The van der Waals surface area contributed by atoms with Crippen molar-refractivity contribution in [1.82, 2.24) is 10.3 Å². The zero-order valence-electron chi connectivity index (χ0n) is 10.1. The summed E-state index contributed by atoms with van der Waals surface area (Å²) >= 11 is 5.80. The highest BCUT2D eigenvalue weighted by molar-refractivity contribution is 7.92. The van der Waals surface area contributed by atoms with E-state index in [4.69, 9.17) is 17.3 Å². The molecule has 1 unspecified atom stereocenters. The van der Waals surface area contributed by atoms with E-state index in [2.05, 4.69) is 10.3 Å². The Hall–Kier alpha value is -1.34. The summed E-state index contributed by atoms with van der Waals surface area (Å²) in [6.07, 6.45) is 2.57. The second-order valence-corrected chi connectivity index (χ2v) is 7.21. The van der Waals surface area contributed by atoms with Crippen LogP contribution in [0.25, 0.3) is 0 Å². The van der Waals surface area contributed by atoms with E-state index in [1.54, 1.807) is 0 Å². The molecule has 1 aromatic rings. The Balaban J connectivity index is 2.04. The number of carbonyl (C=O) groups excluding carboxylic acids is 1. The molecule has 1 aromatic heterocycles. The molecular weight excluding hydrogens is 290 g/mol. The van der Waals surface area contributed by atoms with Crippen LogP contribution in [0.3, 0.4) is 0 Å². The average Bonchev–Trinajstić information content (AvgIpc) is 2.68. The van der Waals surface area contributed by atoms with Crippen molar-refractivity contribution in [2.24, 2.45) is 0 Å². The first-order valence-electron chi connectivity index (χ1n) is 5.81. The molecule has 3 N–H and O–H groups in total. The van der Waals surface area contributed by atoms with Crippen LogP contribution >= 0.6 is 11.6 Å². The van der Waals surface area contributed by atoms with Gasteiger partial charge >= 0.3 is 0 Å². The van der Waals surface area contributed by atoms with Crippen LogP contribution in [0, 0.1) is 0 Å². The Labute approximate surface area is 116 Å². The molecule has 1 atom stereocenters. The van der Waals surface area contributed by atoms with Gasteiger partial charge in [0.05, 0.1) is 28.5 Å². The lowest BCUT2D eigenvalue weighted by Crippen LogP contribution is -2.34. The first kappa shape index (κ1) is 14.1. The molecule has 0 spiro atoms. The summed E-state index contributed by atoms with van der Waals surface area (Å²) in [5.41, 5.74) is 6.00. The molecule has 1 saturated heterocycles. The number of carbonyl (C=O) groups is 1. The number of halogens is 1. The quantitative estimate of drug-likeness (QED) is 0.797. The number of nitrogen functional groups attached to an aromatic ring is 1. The highest BCUT2D eigenvalue weighted by atomic mass is 35.5.